The number of guanidine groups is 1. The number of ether oxygens (including phenoxy) is 2. The number of anilines is 1. The van der Waals surface area contributed by atoms with Crippen molar-refractivity contribution in [1.82, 2.24) is 10.6 Å². The number of hydrogen-bond acceptors (Lipinski definition) is 5. The number of nitrogens with one attached hydrogen (secondary N) is 2. The predicted molar refractivity (Wildman–Crippen MR) is 121 cm³/mol. The van der Waals surface area contributed by atoms with E-state index in [9.17, 15) is 0 Å². The number of methoxy groups -OCH3 is 1. The molecule has 1 aromatic carbocycles. The van der Waals surface area contributed by atoms with Gasteiger partial charge in [-0.05, 0) is 44.0 Å². The van der Waals surface area contributed by atoms with E-state index in [0.29, 0.717) is 6.04 Å². The topological polar surface area (TPSA) is 71.3 Å². The second-order valence-corrected chi connectivity index (χ2v) is 7.28. The average Bonchev–Trinajstić information content (AvgIpc) is 3.45. The van der Waals surface area contributed by atoms with Gasteiger partial charge in [0, 0.05) is 51.9 Å². The van der Waals surface area contributed by atoms with Gasteiger partial charge in [0.25, 0.3) is 0 Å². The predicted octanol–water partition coefficient (Wildman–Crippen LogP) is 3.07. The molecule has 164 valence electrons. The van der Waals surface area contributed by atoms with Crippen LogP contribution in [0, 0.1) is 0 Å². The molecule has 0 bridgehead atoms. The normalized spacial score (nSPS) is 16.7. The molecule has 1 saturated heterocycles. The first kappa shape index (κ1) is 22.0. The number of rotatable bonds is 11. The third-order valence-electron chi connectivity index (χ3n) is 5.12. The molecule has 0 amide bonds. The van der Waals surface area contributed by atoms with Crippen LogP contribution in [-0.4, -0.2) is 58.5 Å². The van der Waals surface area contributed by atoms with Crippen molar-refractivity contribution in [1.29, 1.82) is 0 Å². The number of hydrogen-bond donors (Lipinski definition) is 2. The minimum absolute atomic E-state index is 0.330. The number of furan rings is 1. The summed E-state index contributed by atoms with van der Waals surface area (Å²) in [6, 6.07) is 12.4. The Hall–Kier alpha value is -2.67. The molecule has 1 unspecified atom stereocenters. The molecule has 3 rings (SSSR count). The quantitative estimate of drug-likeness (QED) is 0.335. The number of aliphatic imine (C=N–C) groups is 1. The number of nitrogens with zero attached hydrogens (tertiary/aromatic N) is 2. The Kier molecular flexibility index (Phi) is 8.90. The Labute approximate surface area is 179 Å². The highest BCUT2D eigenvalue weighted by atomic mass is 16.5. The zero-order valence-electron chi connectivity index (χ0n) is 18.1. The van der Waals surface area contributed by atoms with Gasteiger partial charge in [-0.1, -0.05) is 12.1 Å². The summed E-state index contributed by atoms with van der Waals surface area (Å²) in [5, 5.41) is 7.06. The summed E-state index contributed by atoms with van der Waals surface area (Å²) in [5.74, 6) is 2.74. The highest BCUT2D eigenvalue weighted by Crippen LogP contribution is 2.30. The standard InChI is InChI=1S/C23H34N4O3/c1-3-29-16-7-13-24-23(25-14-11-20-8-6-17-30-20)26-19-12-15-27(18-19)21-9-4-5-10-22(21)28-2/h4-6,8-10,17,19H,3,7,11-16,18H2,1-2H3,(H2,24,25,26). The molecule has 0 aliphatic carbocycles. The van der Waals surface area contributed by atoms with E-state index in [1.807, 2.05) is 31.2 Å². The van der Waals surface area contributed by atoms with Crippen LogP contribution in [0.25, 0.3) is 0 Å². The zero-order chi connectivity index (χ0) is 21.0. The summed E-state index contributed by atoms with van der Waals surface area (Å²) in [4.78, 5) is 7.12. The van der Waals surface area contributed by atoms with Crippen LogP contribution in [0.5, 0.6) is 5.75 Å². The van der Waals surface area contributed by atoms with E-state index in [4.69, 9.17) is 18.9 Å². The van der Waals surface area contributed by atoms with E-state index in [1.54, 1.807) is 13.4 Å². The lowest BCUT2D eigenvalue weighted by atomic mass is 10.2. The van der Waals surface area contributed by atoms with E-state index in [-0.39, 0.29) is 0 Å². The lowest BCUT2D eigenvalue weighted by Crippen LogP contribution is -2.45. The Morgan fingerprint density at radius 2 is 2.17 bits per heavy atom. The van der Waals surface area contributed by atoms with Gasteiger partial charge >= 0.3 is 0 Å². The first-order chi connectivity index (χ1) is 14.8. The molecule has 1 atom stereocenters. The molecule has 2 heterocycles. The van der Waals surface area contributed by atoms with Crippen molar-refractivity contribution >= 4 is 11.6 Å². The molecule has 2 aromatic rings. The fraction of sp³-hybridized carbons (Fsp3) is 0.522. The molecule has 1 aliphatic heterocycles. The van der Waals surface area contributed by atoms with Gasteiger partial charge in [-0.15, -0.1) is 0 Å². The summed E-state index contributed by atoms with van der Waals surface area (Å²) < 4.78 is 16.4. The molecule has 2 N–H and O–H groups in total. The average molecular weight is 415 g/mol. The van der Waals surface area contributed by atoms with Crippen LogP contribution < -0.4 is 20.3 Å². The van der Waals surface area contributed by atoms with Crippen molar-refractivity contribution in [2.24, 2.45) is 4.99 Å². The molecule has 1 aliphatic rings. The van der Waals surface area contributed by atoms with E-state index in [2.05, 4.69) is 27.7 Å². The van der Waals surface area contributed by atoms with Gasteiger partial charge in [0.1, 0.15) is 11.5 Å². The molecule has 7 heteroatoms. The summed E-state index contributed by atoms with van der Waals surface area (Å²) in [6.07, 6.45) is 4.50. The molecular formula is C23H34N4O3. The Morgan fingerprint density at radius 1 is 1.27 bits per heavy atom. The monoisotopic (exact) mass is 414 g/mol. The highest BCUT2D eigenvalue weighted by Gasteiger charge is 2.25. The van der Waals surface area contributed by atoms with Gasteiger partial charge in [0.15, 0.2) is 5.96 Å². The van der Waals surface area contributed by atoms with Crippen LogP contribution in [0.4, 0.5) is 5.69 Å². The van der Waals surface area contributed by atoms with Gasteiger partial charge in [0.2, 0.25) is 0 Å². The van der Waals surface area contributed by atoms with Crippen molar-refractivity contribution < 1.29 is 13.9 Å². The summed E-state index contributed by atoms with van der Waals surface area (Å²) in [7, 11) is 1.72. The second-order valence-electron chi connectivity index (χ2n) is 7.28. The van der Waals surface area contributed by atoms with Crippen molar-refractivity contribution in [2.45, 2.75) is 32.2 Å². The maximum absolute atomic E-state index is 5.53. The van der Waals surface area contributed by atoms with E-state index in [1.165, 1.54) is 0 Å². The molecule has 0 saturated carbocycles. The van der Waals surface area contributed by atoms with Gasteiger partial charge < -0.3 is 29.4 Å². The maximum Gasteiger partial charge on any atom is 0.191 e. The first-order valence-electron chi connectivity index (χ1n) is 10.8. The Morgan fingerprint density at radius 3 is 2.97 bits per heavy atom. The largest absolute Gasteiger partial charge is 0.495 e. The van der Waals surface area contributed by atoms with Crippen LogP contribution in [0.15, 0.2) is 52.1 Å². The van der Waals surface area contributed by atoms with Gasteiger partial charge in [-0.2, -0.15) is 0 Å². The van der Waals surface area contributed by atoms with Crippen LogP contribution in [0.3, 0.4) is 0 Å². The fourth-order valence-electron chi connectivity index (χ4n) is 3.59. The minimum Gasteiger partial charge on any atom is -0.495 e. The lowest BCUT2D eigenvalue weighted by Gasteiger charge is -2.22. The molecule has 1 aromatic heterocycles. The molecule has 1 fully saturated rings. The van der Waals surface area contributed by atoms with Crippen molar-refractivity contribution in [3.8, 4) is 5.75 Å². The summed E-state index contributed by atoms with van der Waals surface area (Å²) >= 11 is 0. The first-order valence-corrected chi connectivity index (χ1v) is 10.8. The SMILES string of the molecule is CCOCCCN=C(NCCc1ccco1)NC1CCN(c2ccccc2OC)C1. The van der Waals surface area contributed by atoms with Crippen molar-refractivity contribution in [3.63, 3.8) is 0 Å². The zero-order valence-corrected chi connectivity index (χ0v) is 18.1. The van der Waals surface area contributed by atoms with Crippen molar-refractivity contribution in [3.05, 3.63) is 48.4 Å². The molecular weight excluding hydrogens is 380 g/mol. The fourth-order valence-corrected chi connectivity index (χ4v) is 3.59. The van der Waals surface area contributed by atoms with Crippen LogP contribution >= 0.6 is 0 Å². The number of benzene rings is 1. The highest BCUT2D eigenvalue weighted by molar-refractivity contribution is 5.80. The summed E-state index contributed by atoms with van der Waals surface area (Å²) in [6.45, 7) is 6.91. The van der Waals surface area contributed by atoms with Gasteiger partial charge in [-0.25, -0.2) is 0 Å². The van der Waals surface area contributed by atoms with Crippen LogP contribution in [0.1, 0.15) is 25.5 Å². The summed E-state index contributed by atoms with van der Waals surface area (Å²) in [5.41, 5.74) is 1.14. The van der Waals surface area contributed by atoms with Gasteiger partial charge in [0.05, 0.1) is 19.1 Å². The third kappa shape index (κ3) is 6.69. The maximum atomic E-state index is 5.53. The Balaban J connectivity index is 1.54. The Bertz CT molecular complexity index is 764. The number of para-hydroxylation sites is 2. The molecule has 0 radical (unpaired) electrons. The van der Waals surface area contributed by atoms with Crippen LogP contribution in [-0.2, 0) is 11.2 Å². The van der Waals surface area contributed by atoms with E-state index >= 15 is 0 Å². The minimum atomic E-state index is 0.330. The van der Waals surface area contributed by atoms with Crippen molar-refractivity contribution in [2.75, 3.05) is 51.4 Å². The third-order valence-corrected chi connectivity index (χ3v) is 5.12. The second kappa shape index (κ2) is 12.1. The molecule has 0 spiro atoms. The van der Waals surface area contributed by atoms with E-state index < -0.39 is 0 Å². The van der Waals surface area contributed by atoms with Gasteiger partial charge in [-0.3, -0.25) is 4.99 Å². The van der Waals surface area contributed by atoms with Crippen LogP contribution in [0.2, 0.25) is 0 Å². The van der Waals surface area contributed by atoms with E-state index in [0.717, 1.165) is 81.8 Å². The smallest absolute Gasteiger partial charge is 0.191 e. The molecule has 30 heavy (non-hydrogen) atoms. The molecule has 7 nitrogen and oxygen atoms in total. The lowest BCUT2D eigenvalue weighted by molar-refractivity contribution is 0.146.